The van der Waals surface area contributed by atoms with E-state index in [2.05, 4.69) is 31.4 Å². The summed E-state index contributed by atoms with van der Waals surface area (Å²) >= 11 is 0. The molecule has 0 unspecified atom stereocenters. The van der Waals surface area contributed by atoms with Crippen molar-refractivity contribution in [2.24, 2.45) is 0 Å². The van der Waals surface area contributed by atoms with E-state index in [-0.39, 0.29) is 12.5 Å². The summed E-state index contributed by atoms with van der Waals surface area (Å²) in [6.07, 6.45) is 2.13. The van der Waals surface area contributed by atoms with Crippen molar-refractivity contribution < 1.29 is 9.53 Å². The molecule has 0 heterocycles. The zero-order valence-corrected chi connectivity index (χ0v) is 10.1. The van der Waals surface area contributed by atoms with Gasteiger partial charge in [0.2, 0.25) is 5.91 Å². The van der Waals surface area contributed by atoms with Crippen molar-refractivity contribution in [2.45, 2.75) is 39.7 Å². The van der Waals surface area contributed by atoms with Gasteiger partial charge >= 0.3 is 0 Å². The van der Waals surface area contributed by atoms with Gasteiger partial charge in [-0.3, -0.25) is 4.79 Å². The third kappa shape index (κ3) is 11.3. The number of carbonyl (C=O) groups excluding carboxylic acids is 1. The van der Waals surface area contributed by atoms with Crippen LogP contribution in [0.1, 0.15) is 33.6 Å². The second-order valence-electron chi connectivity index (χ2n) is 3.86. The lowest BCUT2D eigenvalue weighted by molar-refractivity contribution is -0.125. The van der Waals surface area contributed by atoms with Gasteiger partial charge in [0.1, 0.15) is 6.61 Å². The third-order valence-corrected chi connectivity index (χ3v) is 1.88. The Morgan fingerprint density at radius 1 is 1.33 bits per heavy atom. The van der Waals surface area contributed by atoms with Crippen molar-refractivity contribution in [1.82, 2.24) is 10.6 Å². The highest BCUT2D eigenvalue weighted by Crippen LogP contribution is 1.83. The van der Waals surface area contributed by atoms with Crippen molar-refractivity contribution in [1.29, 1.82) is 0 Å². The predicted molar refractivity (Wildman–Crippen MR) is 61.9 cm³/mol. The smallest absolute Gasteiger partial charge is 0.245 e. The Hall–Kier alpha value is -0.610. The Labute approximate surface area is 92.8 Å². The van der Waals surface area contributed by atoms with Crippen LogP contribution in [0.15, 0.2) is 0 Å². The predicted octanol–water partition coefficient (Wildman–Crippen LogP) is 0.917. The Balaban J connectivity index is 3.17. The van der Waals surface area contributed by atoms with Gasteiger partial charge in [-0.25, -0.2) is 0 Å². The monoisotopic (exact) mass is 216 g/mol. The van der Waals surface area contributed by atoms with Gasteiger partial charge in [-0.1, -0.05) is 27.2 Å². The molecule has 2 N–H and O–H groups in total. The topological polar surface area (TPSA) is 50.4 Å². The normalized spacial score (nSPS) is 10.7. The van der Waals surface area contributed by atoms with Gasteiger partial charge in [-0.2, -0.15) is 0 Å². The van der Waals surface area contributed by atoms with E-state index in [4.69, 9.17) is 4.74 Å². The molecule has 1 amide bonds. The molecule has 0 aliphatic rings. The molecule has 0 aliphatic heterocycles. The molecule has 0 fully saturated rings. The van der Waals surface area contributed by atoms with Crippen LogP contribution in [-0.4, -0.2) is 38.3 Å². The summed E-state index contributed by atoms with van der Waals surface area (Å²) in [6.45, 7) is 8.56. The Morgan fingerprint density at radius 2 is 2.07 bits per heavy atom. The largest absolute Gasteiger partial charge is 0.370 e. The van der Waals surface area contributed by atoms with Crippen molar-refractivity contribution in [3.63, 3.8) is 0 Å². The number of nitrogens with one attached hydrogen (secondary N) is 2. The molecule has 0 aliphatic carbocycles. The third-order valence-electron chi connectivity index (χ3n) is 1.88. The fourth-order valence-corrected chi connectivity index (χ4v) is 1.04. The van der Waals surface area contributed by atoms with Crippen LogP contribution in [-0.2, 0) is 9.53 Å². The van der Waals surface area contributed by atoms with Gasteiger partial charge in [0.05, 0.1) is 6.61 Å². The molecule has 0 aromatic heterocycles. The minimum atomic E-state index is -0.0204. The van der Waals surface area contributed by atoms with Gasteiger partial charge in [0.15, 0.2) is 0 Å². The van der Waals surface area contributed by atoms with E-state index in [1.807, 2.05) is 0 Å². The van der Waals surface area contributed by atoms with Gasteiger partial charge in [0.25, 0.3) is 0 Å². The minimum absolute atomic E-state index is 0.0204. The zero-order valence-electron chi connectivity index (χ0n) is 10.1. The SMILES string of the molecule is CCCCNC(=O)COCCNC(C)C. The molecule has 0 aromatic carbocycles. The van der Waals surface area contributed by atoms with Crippen molar-refractivity contribution in [3.05, 3.63) is 0 Å². The van der Waals surface area contributed by atoms with Crippen LogP contribution in [0.5, 0.6) is 0 Å². The van der Waals surface area contributed by atoms with Gasteiger partial charge in [-0.05, 0) is 6.42 Å². The molecule has 0 saturated carbocycles. The second kappa shape index (κ2) is 9.93. The lowest BCUT2D eigenvalue weighted by Crippen LogP contribution is -2.31. The molecule has 0 rings (SSSR count). The standard InChI is InChI=1S/C11H24N2O2/c1-4-5-6-13-11(14)9-15-8-7-12-10(2)3/h10,12H,4-9H2,1-3H3,(H,13,14). The maximum atomic E-state index is 11.2. The number of unbranched alkanes of at least 4 members (excludes halogenated alkanes) is 1. The lowest BCUT2D eigenvalue weighted by atomic mass is 10.3. The highest BCUT2D eigenvalue weighted by atomic mass is 16.5. The summed E-state index contributed by atoms with van der Waals surface area (Å²) in [5, 5.41) is 6.01. The molecule has 4 nitrogen and oxygen atoms in total. The summed E-state index contributed by atoms with van der Waals surface area (Å²) in [5.41, 5.74) is 0. The molecule has 0 spiro atoms. The Bertz CT molecular complexity index is 161. The van der Waals surface area contributed by atoms with Crippen molar-refractivity contribution >= 4 is 5.91 Å². The maximum absolute atomic E-state index is 11.2. The van der Waals surface area contributed by atoms with E-state index in [0.29, 0.717) is 12.6 Å². The minimum Gasteiger partial charge on any atom is -0.370 e. The molecule has 0 atom stereocenters. The molecule has 15 heavy (non-hydrogen) atoms. The van der Waals surface area contributed by atoms with Crippen molar-refractivity contribution in [3.8, 4) is 0 Å². The average Bonchev–Trinajstić information content (AvgIpc) is 2.17. The number of rotatable bonds is 9. The molecular formula is C11H24N2O2. The molecule has 4 heteroatoms. The van der Waals surface area contributed by atoms with Gasteiger partial charge in [0, 0.05) is 19.1 Å². The second-order valence-corrected chi connectivity index (χ2v) is 3.86. The summed E-state index contributed by atoms with van der Waals surface area (Å²) in [4.78, 5) is 11.2. The van der Waals surface area contributed by atoms with Crippen LogP contribution < -0.4 is 10.6 Å². The van der Waals surface area contributed by atoms with E-state index in [1.54, 1.807) is 0 Å². The van der Waals surface area contributed by atoms with Crippen LogP contribution in [0.3, 0.4) is 0 Å². The lowest BCUT2D eigenvalue weighted by Gasteiger charge is -2.08. The summed E-state index contributed by atoms with van der Waals surface area (Å²) in [7, 11) is 0. The fraction of sp³-hybridized carbons (Fsp3) is 0.909. The van der Waals surface area contributed by atoms with Crippen LogP contribution in [0.2, 0.25) is 0 Å². The fourth-order valence-electron chi connectivity index (χ4n) is 1.04. The Kier molecular flexibility index (Phi) is 9.52. The first kappa shape index (κ1) is 14.4. The number of amides is 1. The van der Waals surface area contributed by atoms with E-state index in [0.717, 1.165) is 25.9 Å². The molecule has 90 valence electrons. The average molecular weight is 216 g/mol. The van der Waals surface area contributed by atoms with Crippen LogP contribution in [0, 0.1) is 0 Å². The first-order chi connectivity index (χ1) is 7.16. The van der Waals surface area contributed by atoms with Gasteiger partial charge in [-0.15, -0.1) is 0 Å². The summed E-state index contributed by atoms with van der Waals surface area (Å²) in [6, 6.07) is 0.465. The maximum Gasteiger partial charge on any atom is 0.245 e. The highest BCUT2D eigenvalue weighted by Gasteiger charge is 1.99. The van der Waals surface area contributed by atoms with Crippen LogP contribution in [0.4, 0.5) is 0 Å². The summed E-state index contributed by atoms with van der Waals surface area (Å²) < 4.78 is 5.20. The molecule has 0 saturated heterocycles. The zero-order chi connectivity index (χ0) is 11.5. The summed E-state index contributed by atoms with van der Waals surface area (Å²) in [5.74, 6) is -0.0204. The highest BCUT2D eigenvalue weighted by molar-refractivity contribution is 5.77. The number of ether oxygens (including phenoxy) is 1. The molecular weight excluding hydrogens is 192 g/mol. The van der Waals surface area contributed by atoms with E-state index >= 15 is 0 Å². The molecule has 0 radical (unpaired) electrons. The quantitative estimate of drug-likeness (QED) is 0.563. The molecule has 0 aromatic rings. The van der Waals surface area contributed by atoms with E-state index < -0.39 is 0 Å². The Morgan fingerprint density at radius 3 is 2.67 bits per heavy atom. The first-order valence-corrected chi connectivity index (χ1v) is 5.74. The van der Waals surface area contributed by atoms with Gasteiger partial charge < -0.3 is 15.4 Å². The van der Waals surface area contributed by atoms with Crippen LogP contribution in [0.25, 0.3) is 0 Å². The van der Waals surface area contributed by atoms with Crippen LogP contribution >= 0.6 is 0 Å². The number of carbonyl (C=O) groups is 1. The molecule has 0 bridgehead atoms. The van der Waals surface area contributed by atoms with E-state index in [1.165, 1.54) is 0 Å². The first-order valence-electron chi connectivity index (χ1n) is 5.74. The van der Waals surface area contributed by atoms with Crippen molar-refractivity contribution in [2.75, 3.05) is 26.3 Å². The number of hydrogen-bond donors (Lipinski definition) is 2. The number of hydrogen-bond acceptors (Lipinski definition) is 3. The van der Waals surface area contributed by atoms with E-state index in [9.17, 15) is 4.79 Å².